The lowest BCUT2D eigenvalue weighted by molar-refractivity contribution is -0.132. The number of carbonyl (C=O) groups excluding carboxylic acids is 2. The summed E-state index contributed by atoms with van der Waals surface area (Å²) in [6.45, 7) is 8.73. The van der Waals surface area contributed by atoms with Crippen LogP contribution in [0.4, 0.5) is 0 Å². The third-order valence-corrected chi connectivity index (χ3v) is 11.9. The second kappa shape index (κ2) is 16.8. The first-order valence-electron chi connectivity index (χ1n) is 16.7. The van der Waals surface area contributed by atoms with Gasteiger partial charge in [0.1, 0.15) is 12.1 Å². The number of sulfone groups is 1. The van der Waals surface area contributed by atoms with Gasteiger partial charge in [-0.2, -0.15) is 0 Å². The van der Waals surface area contributed by atoms with E-state index in [4.69, 9.17) is 6.42 Å². The van der Waals surface area contributed by atoms with Crippen LogP contribution in [0.3, 0.4) is 0 Å². The third-order valence-electron chi connectivity index (χ3n) is 9.18. The molecule has 2 aromatic carbocycles. The van der Waals surface area contributed by atoms with Crippen molar-refractivity contribution in [3.8, 4) is 12.3 Å². The van der Waals surface area contributed by atoms with Gasteiger partial charge < -0.3 is 20.8 Å². The predicted octanol–water partition coefficient (Wildman–Crippen LogP) is 4.94. The summed E-state index contributed by atoms with van der Waals surface area (Å²) in [5, 5.41) is 29.6. The lowest BCUT2D eigenvalue weighted by Crippen LogP contribution is -2.56. The van der Waals surface area contributed by atoms with E-state index >= 15 is 0 Å². The number of benzene rings is 2. The van der Waals surface area contributed by atoms with Gasteiger partial charge in [0.05, 0.1) is 28.6 Å². The van der Waals surface area contributed by atoms with Crippen LogP contribution in [0.1, 0.15) is 91.5 Å². The second-order valence-electron chi connectivity index (χ2n) is 14.4. The molecule has 5 atom stereocenters. The number of aliphatic hydroxyl groups excluding tert-OH is 2. The van der Waals surface area contributed by atoms with E-state index in [0.29, 0.717) is 18.8 Å². The maximum atomic E-state index is 13.9. The van der Waals surface area contributed by atoms with Gasteiger partial charge in [0.15, 0.2) is 9.84 Å². The van der Waals surface area contributed by atoms with Crippen molar-refractivity contribution < 1.29 is 28.2 Å². The molecule has 2 aromatic rings. The number of fused-ring (bicyclic) bond motifs is 1. The highest BCUT2D eigenvalue weighted by Crippen LogP contribution is 2.29. The molecule has 2 amide bonds. The fourth-order valence-electron chi connectivity index (χ4n) is 6.33. The van der Waals surface area contributed by atoms with Crippen LogP contribution in [0, 0.1) is 30.1 Å². The molecule has 0 aromatic heterocycles. The molecule has 0 heterocycles. The van der Waals surface area contributed by atoms with Crippen molar-refractivity contribution in [1.82, 2.24) is 10.6 Å². The van der Waals surface area contributed by atoms with Gasteiger partial charge in [0.25, 0.3) is 0 Å². The van der Waals surface area contributed by atoms with Gasteiger partial charge in [-0.05, 0) is 68.2 Å². The molecule has 46 heavy (non-hydrogen) atoms. The minimum Gasteiger partial charge on any atom is -0.390 e. The first kappa shape index (κ1) is 37.5. The van der Waals surface area contributed by atoms with Gasteiger partial charge in [-0.1, -0.05) is 88.4 Å². The van der Waals surface area contributed by atoms with Crippen molar-refractivity contribution in [2.75, 3.05) is 5.75 Å². The first-order chi connectivity index (χ1) is 21.6. The van der Waals surface area contributed by atoms with Crippen LogP contribution < -0.4 is 10.6 Å². The molecule has 4 N–H and O–H groups in total. The molecule has 3 rings (SSSR count). The topological polar surface area (TPSA) is 133 Å². The molecule has 0 aliphatic heterocycles. The standard InChI is InChI=1S/C37H54N2O6S/c1-7-14-31(36(43)39-32(22-26-15-9-8-10-16-26)34(41)33(40)21-25(2)3)38-35(42)29(24-46(44,45)37(4,5)6)23-28-19-13-18-27-17-11-12-20-30(27)28/h1,11-13,17-20,25-26,29,31-34,40-41H,8-10,14-16,21-24H2,2-6H3,(H,38,42)(H,39,43)/t29-,31+,32+,33+,34-/m1/s1. The molecule has 8 nitrogen and oxygen atoms in total. The van der Waals surface area contributed by atoms with Crippen molar-refractivity contribution in [2.24, 2.45) is 17.8 Å². The number of rotatable bonds is 15. The van der Waals surface area contributed by atoms with Crippen molar-refractivity contribution in [2.45, 2.75) is 121 Å². The Kier molecular flexibility index (Phi) is 13.7. The largest absolute Gasteiger partial charge is 0.390 e. The molecule has 1 aliphatic carbocycles. The molecule has 254 valence electrons. The summed E-state index contributed by atoms with van der Waals surface area (Å²) in [5.74, 6) is 0.375. The van der Waals surface area contributed by atoms with E-state index in [1.807, 2.05) is 56.3 Å². The normalized spacial score (nSPS) is 17.9. The maximum Gasteiger partial charge on any atom is 0.243 e. The number of hydrogen-bond acceptors (Lipinski definition) is 6. The minimum atomic E-state index is -3.71. The van der Waals surface area contributed by atoms with E-state index in [9.17, 15) is 28.2 Å². The van der Waals surface area contributed by atoms with E-state index in [2.05, 4.69) is 16.6 Å². The van der Waals surface area contributed by atoms with E-state index in [1.54, 1.807) is 20.8 Å². The Morgan fingerprint density at radius 3 is 2.26 bits per heavy atom. The lowest BCUT2D eigenvalue weighted by atomic mass is 9.82. The van der Waals surface area contributed by atoms with E-state index < -0.39 is 62.4 Å². The molecule has 0 unspecified atom stereocenters. The Hall–Kier alpha value is -2.93. The summed E-state index contributed by atoms with van der Waals surface area (Å²) in [6.07, 6.45) is 9.64. The van der Waals surface area contributed by atoms with Gasteiger partial charge >= 0.3 is 0 Å². The summed E-state index contributed by atoms with van der Waals surface area (Å²) in [5.41, 5.74) is 0.829. The number of terminal acetylenes is 1. The third kappa shape index (κ3) is 10.5. The molecule has 0 saturated heterocycles. The Balaban J connectivity index is 1.87. The zero-order valence-electron chi connectivity index (χ0n) is 28.2. The summed E-state index contributed by atoms with van der Waals surface area (Å²) >= 11 is 0. The zero-order valence-corrected chi connectivity index (χ0v) is 29.0. The molecule has 9 heteroatoms. The molecule has 1 aliphatic rings. The zero-order chi connectivity index (χ0) is 34.1. The molecule has 1 saturated carbocycles. The lowest BCUT2D eigenvalue weighted by Gasteiger charge is -2.33. The van der Waals surface area contributed by atoms with Crippen LogP contribution in [0.2, 0.25) is 0 Å². The van der Waals surface area contributed by atoms with Crippen LogP contribution in [-0.4, -0.2) is 65.2 Å². The Bertz CT molecular complexity index is 1450. The van der Waals surface area contributed by atoms with Gasteiger partial charge in [-0.25, -0.2) is 8.42 Å². The highest BCUT2D eigenvalue weighted by molar-refractivity contribution is 7.92. The van der Waals surface area contributed by atoms with Gasteiger partial charge in [0.2, 0.25) is 11.8 Å². The molecular weight excluding hydrogens is 600 g/mol. The SMILES string of the molecule is C#CC[C@H](NC(=O)[C@H](Cc1cccc2ccccc12)CS(=O)(=O)C(C)(C)C)C(=O)N[C@@H](CC1CCCCC1)[C@@H](O)[C@@H](O)CC(C)C. The van der Waals surface area contributed by atoms with Crippen molar-refractivity contribution >= 4 is 32.4 Å². The number of hydrogen-bond donors (Lipinski definition) is 4. The Labute approximate surface area is 276 Å². The smallest absolute Gasteiger partial charge is 0.243 e. The summed E-state index contributed by atoms with van der Waals surface area (Å²) in [4.78, 5) is 27.7. The van der Waals surface area contributed by atoms with E-state index in [-0.39, 0.29) is 18.8 Å². The number of aliphatic hydroxyl groups is 2. The van der Waals surface area contributed by atoms with Crippen LogP contribution in [0.15, 0.2) is 42.5 Å². The number of nitrogens with one attached hydrogen (secondary N) is 2. The fraction of sp³-hybridized carbons (Fsp3) is 0.622. The Morgan fingerprint density at radius 1 is 0.978 bits per heavy atom. The summed E-state index contributed by atoms with van der Waals surface area (Å²) in [6, 6.07) is 11.6. The quantitative estimate of drug-likeness (QED) is 0.201. The molecule has 1 fully saturated rings. The van der Waals surface area contributed by atoms with Crippen molar-refractivity contribution in [3.05, 3.63) is 48.0 Å². The fourth-order valence-corrected chi connectivity index (χ4v) is 7.63. The van der Waals surface area contributed by atoms with Gasteiger partial charge in [0, 0.05) is 6.42 Å². The van der Waals surface area contributed by atoms with Crippen LogP contribution in [0.5, 0.6) is 0 Å². The average Bonchev–Trinajstić information content (AvgIpc) is 2.99. The predicted molar refractivity (Wildman–Crippen MR) is 185 cm³/mol. The van der Waals surface area contributed by atoms with Crippen LogP contribution in [0.25, 0.3) is 10.8 Å². The molecule has 0 spiro atoms. The second-order valence-corrected chi connectivity index (χ2v) is 17.2. The molecule has 0 bridgehead atoms. The first-order valence-corrected chi connectivity index (χ1v) is 18.4. The minimum absolute atomic E-state index is 0.120. The highest BCUT2D eigenvalue weighted by Gasteiger charge is 2.37. The van der Waals surface area contributed by atoms with Gasteiger partial charge in [-0.15, -0.1) is 12.3 Å². The van der Waals surface area contributed by atoms with Crippen LogP contribution >= 0.6 is 0 Å². The maximum absolute atomic E-state index is 13.9. The monoisotopic (exact) mass is 654 g/mol. The van der Waals surface area contributed by atoms with E-state index in [0.717, 1.165) is 48.4 Å². The van der Waals surface area contributed by atoms with Crippen LogP contribution in [-0.2, 0) is 25.8 Å². The number of carbonyl (C=O) groups is 2. The van der Waals surface area contributed by atoms with E-state index in [1.165, 1.54) is 0 Å². The summed E-state index contributed by atoms with van der Waals surface area (Å²) < 4.78 is 25.7. The van der Waals surface area contributed by atoms with Crippen molar-refractivity contribution in [1.29, 1.82) is 0 Å². The van der Waals surface area contributed by atoms with Crippen molar-refractivity contribution in [3.63, 3.8) is 0 Å². The average molecular weight is 655 g/mol. The molecule has 0 radical (unpaired) electrons. The highest BCUT2D eigenvalue weighted by atomic mass is 32.2. The van der Waals surface area contributed by atoms with Gasteiger partial charge in [-0.3, -0.25) is 9.59 Å². The summed E-state index contributed by atoms with van der Waals surface area (Å²) in [7, 11) is -3.71. The molecular formula is C37H54N2O6S. The Morgan fingerprint density at radius 2 is 1.63 bits per heavy atom. The number of amides is 2.